The zero-order valence-electron chi connectivity index (χ0n) is 22.4. The van der Waals surface area contributed by atoms with Crippen LogP contribution >= 0.6 is 0 Å². The van der Waals surface area contributed by atoms with E-state index in [-0.39, 0.29) is 10.8 Å². The van der Waals surface area contributed by atoms with Gasteiger partial charge in [0.2, 0.25) is 10.0 Å². The fourth-order valence-corrected chi connectivity index (χ4v) is 6.67. The lowest BCUT2D eigenvalue weighted by molar-refractivity contribution is -0.112. The van der Waals surface area contributed by atoms with Gasteiger partial charge in [0, 0.05) is 47.8 Å². The number of rotatable bonds is 6. The molecule has 39 heavy (non-hydrogen) atoms. The van der Waals surface area contributed by atoms with Crippen LogP contribution in [0.2, 0.25) is 0 Å². The number of methoxy groups -OCH3 is 1. The van der Waals surface area contributed by atoms with Crippen LogP contribution in [-0.2, 0) is 24.3 Å². The molecule has 1 aromatic heterocycles. The van der Waals surface area contributed by atoms with E-state index in [2.05, 4.69) is 0 Å². The summed E-state index contributed by atoms with van der Waals surface area (Å²) in [5.74, 6) is -0.567. The third-order valence-electron chi connectivity index (χ3n) is 7.27. The number of likely N-dealkylation sites (N-methyl/N-ethyl adjacent to an activating group) is 1. The first-order valence-electron chi connectivity index (χ1n) is 12.8. The van der Waals surface area contributed by atoms with Crippen molar-refractivity contribution in [1.82, 2.24) is 8.87 Å². The lowest BCUT2D eigenvalue weighted by Crippen LogP contribution is -2.40. The minimum absolute atomic E-state index is 0.163. The number of anilines is 1. The van der Waals surface area contributed by atoms with Crippen molar-refractivity contribution in [2.75, 3.05) is 44.9 Å². The van der Waals surface area contributed by atoms with E-state index < -0.39 is 16.0 Å². The average molecular weight is 550 g/mol. The Morgan fingerprint density at radius 1 is 1.05 bits per heavy atom. The second-order valence-corrected chi connectivity index (χ2v) is 11.4. The van der Waals surface area contributed by atoms with Crippen LogP contribution in [0.1, 0.15) is 39.8 Å². The Bertz CT molecular complexity index is 1580. The quantitative estimate of drug-likeness (QED) is 0.343. The van der Waals surface area contributed by atoms with Crippen molar-refractivity contribution in [1.29, 1.82) is 0 Å². The fraction of sp³-hybridized carbons (Fsp3) is 0.310. The maximum atomic E-state index is 13.5. The molecule has 2 aromatic carbocycles. The first-order valence-corrected chi connectivity index (χ1v) is 14.2. The lowest BCUT2D eigenvalue weighted by atomic mass is 10.0. The number of aryl methyl sites for hydroxylation is 1. The lowest BCUT2D eigenvalue weighted by Gasteiger charge is -2.26. The largest absolute Gasteiger partial charge is 0.465 e. The van der Waals surface area contributed by atoms with Crippen molar-refractivity contribution in [3.8, 4) is 5.69 Å². The van der Waals surface area contributed by atoms with Crippen molar-refractivity contribution in [2.45, 2.75) is 25.7 Å². The van der Waals surface area contributed by atoms with Gasteiger partial charge in [-0.3, -0.25) is 4.79 Å². The number of morpholine rings is 1. The van der Waals surface area contributed by atoms with Gasteiger partial charge in [-0.05, 0) is 80.9 Å². The van der Waals surface area contributed by atoms with Crippen LogP contribution in [0.25, 0.3) is 17.3 Å². The van der Waals surface area contributed by atoms with Gasteiger partial charge in [-0.15, -0.1) is 0 Å². The van der Waals surface area contributed by atoms with E-state index in [1.54, 1.807) is 35.2 Å². The van der Waals surface area contributed by atoms with E-state index in [1.165, 1.54) is 11.4 Å². The molecule has 1 fully saturated rings. The molecule has 1 amide bonds. The minimum atomic E-state index is -3.72. The number of benzene rings is 2. The highest BCUT2D eigenvalue weighted by Crippen LogP contribution is 2.40. The molecular weight excluding hydrogens is 518 g/mol. The van der Waals surface area contributed by atoms with Crippen LogP contribution in [0.5, 0.6) is 0 Å². The van der Waals surface area contributed by atoms with Gasteiger partial charge in [-0.2, -0.15) is 4.31 Å². The highest BCUT2D eigenvalue weighted by Gasteiger charge is 2.34. The van der Waals surface area contributed by atoms with E-state index in [4.69, 9.17) is 9.47 Å². The zero-order valence-corrected chi connectivity index (χ0v) is 23.2. The molecule has 9 nitrogen and oxygen atoms in total. The maximum Gasteiger partial charge on any atom is 0.337 e. The molecule has 2 aliphatic rings. The van der Waals surface area contributed by atoms with Gasteiger partial charge >= 0.3 is 5.97 Å². The molecule has 0 N–H and O–H groups in total. The Kier molecular flexibility index (Phi) is 7.19. The minimum Gasteiger partial charge on any atom is -0.465 e. The summed E-state index contributed by atoms with van der Waals surface area (Å²) in [5.41, 5.74) is 5.78. The number of hydrogen-bond acceptors (Lipinski definition) is 6. The number of aromatic nitrogens is 1. The van der Waals surface area contributed by atoms with Crippen LogP contribution in [0, 0.1) is 13.8 Å². The molecule has 204 valence electrons. The molecule has 10 heteroatoms. The molecule has 0 unspecified atom stereocenters. The Morgan fingerprint density at radius 3 is 2.38 bits per heavy atom. The summed E-state index contributed by atoms with van der Waals surface area (Å²) >= 11 is 0. The highest BCUT2D eigenvalue weighted by molar-refractivity contribution is 7.89. The third kappa shape index (κ3) is 4.69. The molecule has 3 heterocycles. The van der Waals surface area contributed by atoms with E-state index in [0.717, 1.165) is 22.6 Å². The monoisotopic (exact) mass is 549 g/mol. The Balaban J connectivity index is 1.56. The third-order valence-corrected chi connectivity index (χ3v) is 9.16. The van der Waals surface area contributed by atoms with Crippen molar-refractivity contribution >= 4 is 39.2 Å². The van der Waals surface area contributed by atoms with Gasteiger partial charge in [-0.25, -0.2) is 13.2 Å². The number of fused-ring (bicyclic) bond motifs is 1. The molecule has 1 saturated heterocycles. The van der Waals surface area contributed by atoms with Crippen LogP contribution < -0.4 is 4.90 Å². The van der Waals surface area contributed by atoms with Crippen LogP contribution in [0.3, 0.4) is 0 Å². The summed E-state index contributed by atoms with van der Waals surface area (Å²) in [6, 6.07) is 14.0. The van der Waals surface area contributed by atoms with E-state index >= 15 is 0 Å². The zero-order chi connectivity index (χ0) is 27.9. The topological polar surface area (TPSA) is 98.2 Å². The number of nitrogens with zero attached hydrogens (tertiary/aromatic N) is 3. The van der Waals surface area contributed by atoms with Crippen LogP contribution in [0.4, 0.5) is 5.69 Å². The summed E-state index contributed by atoms with van der Waals surface area (Å²) in [5, 5.41) is 0. The normalized spacial score (nSPS) is 17.1. The van der Waals surface area contributed by atoms with Gasteiger partial charge in [0.05, 0.1) is 36.5 Å². The van der Waals surface area contributed by atoms with Crippen LogP contribution in [-0.4, -0.2) is 69.1 Å². The highest BCUT2D eigenvalue weighted by atomic mass is 32.2. The smallest absolute Gasteiger partial charge is 0.337 e. The number of ether oxygens (including phenoxy) is 2. The molecular formula is C29H31N3O6S. The number of carbonyl (C=O) groups excluding carboxylic acids is 2. The van der Waals surface area contributed by atoms with Crippen molar-refractivity contribution in [3.63, 3.8) is 0 Å². The van der Waals surface area contributed by atoms with Gasteiger partial charge in [0.25, 0.3) is 5.91 Å². The van der Waals surface area contributed by atoms with E-state index in [0.29, 0.717) is 55.2 Å². The van der Waals surface area contributed by atoms with Gasteiger partial charge < -0.3 is 18.9 Å². The summed E-state index contributed by atoms with van der Waals surface area (Å²) in [6.07, 6.45) is 1.84. The molecule has 0 atom stereocenters. The maximum absolute atomic E-state index is 13.5. The summed E-state index contributed by atoms with van der Waals surface area (Å²) in [6.45, 7) is 7.61. The molecule has 0 aliphatic carbocycles. The predicted molar refractivity (Wildman–Crippen MR) is 149 cm³/mol. The van der Waals surface area contributed by atoms with Crippen molar-refractivity contribution in [3.05, 3.63) is 76.6 Å². The molecule has 0 radical (unpaired) electrons. The number of hydrogen-bond donors (Lipinski definition) is 0. The average Bonchev–Trinajstić information content (AvgIpc) is 3.39. The first-order chi connectivity index (χ1) is 18.7. The van der Waals surface area contributed by atoms with Crippen LogP contribution in [0.15, 0.2) is 53.4 Å². The molecule has 0 bridgehead atoms. The predicted octanol–water partition coefficient (Wildman–Crippen LogP) is 3.81. The van der Waals surface area contributed by atoms with Gasteiger partial charge in [0.15, 0.2) is 0 Å². The Morgan fingerprint density at radius 2 is 1.74 bits per heavy atom. The molecule has 0 spiro atoms. The molecule has 0 saturated carbocycles. The number of sulfonamides is 1. The first kappa shape index (κ1) is 26.9. The Hall–Kier alpha value is -3.73. The van der Waals surface area contributed by atoms with Gasteiger partial charge in [0.1, 0.15) is 0 Å². The SMILES string of the molecule is CCN1C(=O)C(=Cc2cc(C)n(-c3ccc(C(=O)OC)cc3)c2C)c2cc(S(=O)(=O)N3CCOCC3)ccc21. The van der Waals surface area contributed by atoms with E-state index in [1.807, 2.05) is 49.6 Å². The molecule has 5 rings (SSSR count). The van der Waals surface area contributed by atoms with Crippen molar-refractivity contribution in [2.24, 2.45) is 0 Å². The second-order valence-electron chi connectivity index (χ2n) is 9.50. The fourth-order valence-electron chi connectivity index (χ4n) is 5.24. The summed E-state index contributed by atoms with van der Waals surface area (Å²) < 4.78 is 40.3. The molecule has 3 aromatic rings. The summed E-state index contributed by atoms with van der Waals surface area (Å²) in [4.78, 5) is 27.2. The number of esters is 1. The van der Waals surface area contributed by atoms with Crippen molar-refractivity contribution < 1.29 is 27.5 Å². The van der Waals surface area contributed by atoms with Gasteiger partial charge in [-0.1, -0.05) is 0 Å². The standard InChI is InChI=1S/C29H31N3O6S/c1-5-31-27-11-10-24(39(35,36)30-12-14-38-15-13-30)18-25(27)26(28(31)33)17-22-16-19(2)32(20(22)3)23-8-6-21(7-9-23)29(34)37-4/h6-11,16-18H,5,12-15H2,1-4H3. The summed E-state index contributed by atoms with van der Waals surface area (Å²) in [7, 11) is -2.37. The van der Waals surface area contributed by atoms with E-state index in [9.17, 15) is 18.0 Å². The number of carbonyl (C=O) groups is 2. The molecule has 2 aliphatic heterocycles. The second kappa shape index (κ2) is 10.4. The number of amides is 1. The Labute approximate surface area is 228 Å².